The lowest BCUT2D eigenvalue weighted by Gasteiger charge is -2.27. The molecule has 0 saturated carbocycles. The predicted molar refractivity (Wildman–Crippen MR) is 104 cm³/mol. The first-order valence-electron chi connectivity index (χ1n) is 8.25. The number of carbonyl (C=O) groups is 1. The van der Waals surface area contributed by atoms with E-state index in [0.717, 1.165) is 12.1 Å². The second-order valence-electron chi connectivity index (χ2n) is 6.62. The lowest BCUT2D eigenvalue weighted by atomic mass is 10.0. The summed E-state index contributed by atoms with van der Waals surface area (Å²) < 4.78 is 46.9. The number of sulfonamides is 1. The van der Waals surface area contributed by atoms with E-state index in [1.807, 2.05) is 13.8 Å². The monoisotopic (exact) mass is 456 g/mol. The first kappa shape index (κ1) is 19.6. The maximum atomic E-state index is 13.0. The fraction of sp³-hybridized carbons (Fsp3) is 0.278. The van der Waals surface area contributed by atoms with Gasteiger partial charge in [0, 0.05) is 16.2 Å². The number of amides is 1. The van der Waals surface area contributed by atoms with Gasteiger partial charge in [-0.15, -0.1) is 0 Å². The molecule has 3 rings (SSSR count). The Morgan fingerprint density at radius 2 is 1.93 bits per heavy atom. The fourth-order valence-corrected chi connectivity index (χ4v) is 4.78. The van der Waals surface area contributed by atoms with Crippen molar-refractivity contribution in [3.05, 3.63) is 46.7 Å². The number of anilines is 2. The zero-order valence-corrected chi connectivity index (χ0v) is 17.0. The normalized spacial score (nSPS) is 16.5. The van der Waals surface area contributed by atoms with E-state index in [9.17, 15) is 17.6 Å². The van der Waals surface area contributed by atoms with Gasteiger partial charge in [0.1, 0.15) is 16.5 Å². The third kappa shape index (κ3) is 4.41. The van der Waals surface area contributed by atoms with Gasteiger partial charge in [0.25, 0.3) is 15.9 Å². The average molecular weight is 457 g/mol. The van der Waals surface area contributed by atoms with Crippen LogP contribution in [0.2, 0.25) is 0 Å². The van der Waals surface area contributed by atoms with E-state index in [-0.39, 0.29) is 32.6 Å². The number of nitrogens with one attached hydrogen (secondary N) is 2. The van der Waals surface area contributed by atoms with Crippen molar-refractivity contribution in [1.82, 2.24) is 0 Å². The number of rotatable bonds is 5. The summed E-state index contributed by atoms with van der Waals surface area (Å²) in [6, 6.07) is 7.82. The van der Waals surface area contributed by atoms with Crippen molar-refractivity contribution in [2.24, 2.45) is 5.92 Å². The molecule has 1 aliphatic rings. The lowest BCUT2D eigenvalue weighted by molar-refractivity contribution is -0.124. The number of fused-ring (bicyclic) bond motifs is 1. The van der Waals surface area contributed by atoms with Gasteiger partial charge in [0.2, 0.25) is 0 Å². The van der Waals surface area contributed by atoms with Crippen molar-refractivity contribution in [3.63, 3.8) is 0 Å². The van der Waals surface area contributed by atoms with Crippen LogP contribution in [0.3, 0.4) is 0 Å². The van der Waals surface area contributed by atoms with Crippen molar-refractivity contribution in [1.29, 1.82) is 0 Å². The molecule has 1 aliphatic heterocycles. The molecule has 9 heteroatoms. The predicted octanol–water partition coefficient (Wildman–Crippen LogP) is 4.13. The SMILES string of the molecule is CC(C)CC1Oc2cc(S(=O)(=O)Nc3ccc(F)cc3)c(Br)cc2NC1=O. The molecule has 27 heavy (non-hydrogen) atoms. The molecule has 1 heterocycles. The van der Waals surface area contributed by atoms with E-state index >= 15 is 0 Å². The van der Waals surface area contributed by atoms with E-state index in [1.54, 1.807) is 0 Å². The van der Waals surface area contributed by atoms with Gasteiger partial charge in [-0.2, -0.15) is 0 Å². The molecule has 0 aliphatic carbocycles. The van der Waals surface area contributed by atoms with Crippen LogP contribution in [0, 0.1) is 11.7 Å². The molecule has 2 aromatic carbocycles. The topological polar surface area (TPSA) is 84.5 Å². The summed E-state index contributed by atoms with van der Waals surface area (Å²) in [6.45, 7) is 3.94. The lowest BCUT2D eigenvalue weighted by Crippen LogP contribution is -2.38. The molecule has 0 fully saturated rings. The molecule has 0 aromatic heterocycles. The smallest absolute Gasteiger partial charge is 0.265 e. The summed E-state index contributed by atoms with van der Waals surface area (Å²) >= 11 is 3.23. The standard InChI is InChI=1S/C18H18BrFN2O4S/c1-10(2)7-16-18(23)21-14-8-13(19)17(9-15(14)26-16)27(24,25)22-12-5-3-11(20)4-6-12/h3-6,8-10,16,22H,7H2,1-2H3,(H,21,23). The number of hydrogen-bond donors (Lipinski definition) is 2. The van der Waals surface area contributed by atoms with Crippen molar-refractivity contribution < 1.29 is 22.3 Å². The molecule has 2 N–H and O–H groups in total. The number of carbonyl (C=O) groups excluding carboxylic acids is 1. The minimum absolute atomic E-state index is 0.0509. The molecule has 1 amide bonds. The highest BCUT2D eigenvalue weighted by Gasteiger charge is 2.31. The Morgan fingerprint density at radius 3 is 2.56 bits per heavy atom. The molecular formula is C18H18BrFN2O4S. The Hall–Kier alpha value is -2.13. The molecule has 6 nitrogen and oxygen atoms in total. The van der Waals surface area contributed by atoms with Crippen LogP contribution in [0.25, 0.3) is 0 Å². The highest BCUT2D eigenvalue weighted by Crippen LogP contribution is 2.38. The van der Waals surface area contributed by atoms with Crippen LogP contribution in [0.5, 0.6) is 5.75 Å². The summed E-state index contributed by atoms with van der Waals surface area (Å²) in [5, 5.41) is 2.74. The second-order valence-corrected chi connectivity index (χ2v) is 9.12. The molecule has 2 aromatic rings. The summed E-state index contributed by atoms with van der Waals surface area (Å²) in [5.74, 6) is -0.208. The minimum Gasteiger partial charge on any atom is -0.478 e. The zero-order valence-electron chi connectivity index (χ0n) is 14.6. The van der Waals surface area contributed by atoms with Crippen LogP contribution in [0.15, 0.2) is 45.8 Å². The quantitative estimate of drug-likeness (QED) is 0.707. The van der Waals surface area contributed by atoms with Crippen LogP contribution in [0.1, 0.15) is 20.3 Å². The maximum Gasteiger partial charge on any atom is 0.265 e. The Bertz CT molecular complexity index is 978. The van der Waals surface area contributed by atoms with Crippen LogP contribution < -0.4 is 14.8 Å². The van der Waals surface area contributed by atoms with Crippen molar-refractivity contribution in [3.8, 4) is 5.75 Å². The first-order valence-corrected chi connectivity index (χ1v) is 10.5. The molecular weight excluding hydrogens is 439 g/mol. The van der Waals surface area contributed by atoms with Gasteiger partial charge in [0.15, 0.2) is 6.10 Å². The van der Waals surface area contributed by atoms with E-state index in [1.165, 1.54) is 24.3 Å². The van der Waals surface area contributed by atoms with Gasteiger partial charge in [-0.1, -0.05) is 13.8 Å². The Labute approximate surface area is 165 Å². The van der Waals surface area contributed by atoms with Crippen molar-refractivity contribution >= 4 is 43.2 Å². The highest BCUT2D eigenvalue weighted by molar-refractivity contribution is 9.10. The molecule has 0 radical (unpaired) electrons. The Kier molecular flexibility index (Phi) is 5.43. The summed E-state index contributed by atoms with van der Waals surface area (Å²) in [4.78, 5) is 12.1. The van der Waals surface area contributed by atoms with Crippen molar-refractivity contribution in [2.75, 3.05) is 10.0 Å². The molecule has 0 spiro atoms. The highest BCUT2D eigenvalue weighted by atomic mass is 79.9. The zero-order chi connectivity index (χ0) is 19.8. The largest absolute Gasteiger partial charge is 0.478 e. The van der Waals surface area contributed by atoms with E-state index < -0.39 is 21.9 Å². The van der Waals surface area contributed by atoms with Gasteiger partial charge in [0.05, 0.1) is 5.69 Å². The Balaban J connectivity index is 1.93. The molecule has 1 atom stereocenters. The minimum atomic E-state index is -3.96. The molecule has 0 bridgehead atoms. The fourth-order valence-electron chi connectivity index (χ4n) is 2.67. The first-order chi connectivity index (χ1) is 12.7. The van der Waals surface area contributed by atoms with Crippen LogP contribution >= 0.6 is 15.9 Å². The average Bonchev–Trinajstić information content (AvgIpc) is 2.57. The van der Waals surface area contributed by atoms with Crippen molar-refractivity contribution in [2.45, 2.75) is 31.3 Å². The van der Waals surface area contributed by atoms with Gasteiger partial charge >= 0.3 is 0 Å². The molecule has 0 saturated heterocycles. The molecule has 1 unspecified atom stereocenters. The third-order valence-electron chi connectivity index (χ3n) is 3.93. The third-order valence-corrected chi connectivity index (χ3v) is 6.26. The van der Waals surface area contributed by atoms with Crippen LogP contribution in [0.4, 0.5) is 15.8 Å². The maximum absolute atomic E-state index is 13.0. The van der Waals surface area contributed by atoms with Crippen LogP contribution in [-0.2, 0) is 14.8 Å². The van der Waals surface area contributed by atoms with Crippen LogP contribution in [-0.4, -0.2) is 20.4 Å². The second kappa shape index (κ2) is 7.47. The number of ether oxygens (including phenoxy) is 1. The van der Waals surface area contributed by atoms with Gasteiger partial charge in [-0.05, 0) is 58.6 Å². The number of hydrogen-bond acceptors (Lipinski definition) is 4. The van der Waals surface area contributed by atoms with E-state index in [0.29, 0.717) is 12.1 Å². The Morgan fingerprint density at radius 1 is 1.26 bits per heavy atom. The number of halogens is 2. The van der Waals surface area contributed by atoms with E-state index in [4.69, 9.17) is 4.74 Å². The summed E-state index contributed by atoms with van der Waals surface area (Å²) in [6.07, 6.45) is -0.170. The van der Waals surface area contributed by atoms with Gasteiger partial charge in [-0.3, -0.25) is 9.52 Å². The van der Waals surface area contributed by atoms with Gasteiger partial charge < -0.3 is 10.1 Å². The summed E-state index contributed by atoms with van der Waals surface area (Å²) in [7, 11) is -3.96. The number of benzene rings is 2. The molecule has 144 valence electrons. The van der Waals surface area contributed by atoms with Gasteiger partial charge in [-0.25, -0.2) is 12.8 Å². The van der Waals surface area contributed by atoms with E-state index in [2.05, 4.69) is 26.0 Å². The summed E-state index contributed by atoms with van der Waals surface area (Å²) in [5.41, 5.74) is 0.625.